The summed E-state index contributed by atoms with van der Waals surface area (Å²) < 4.78 is 24.8. The second kappa shape index (κ2) is 7.07. The maximum Gasteiger partial charge on any atom is 0.244 e. The van der Waals surface area contributed by atoms with E-state index in [1.807, 2.05) is 0 Å². The van der Waals surface area contributed by atoms with Crippen LogP contribution in [-0.4, -0.2) is 43.7 Å². The van der Waals surface area contributed by atoms with Gasteiger partial charge in [-0.05, 0) is 18.6 Å². The van der Waals surface area contributed by atoms with Gasteiger partial charge in [-0.3, -0.25) is 0 Å². The summed E-state index contributed by atoms with van der Waals surface area (Å²) in [7, 11) is -0.436. The summed E-state index contributed by atoms with van der Waals surface area (Å²) in [5.74, 6) is 0.624. The Hall–Kier alpha value is -0.850. The van der Waals surface area contributed by atoms with Crippen LogP contribution in [-0.2, 0) is 10.0 Å². The molecule has 0 saturated heterocycles. The van der Waals surface area contributed by atoms with E-state index in [1.54, 1.807) is 6.07 Å². The number of pyridine rings is 1. The van der Waals surface area contributed by atoms with E-state index in [-0.39, 0.29) is 10.3 Å². The molecule has 0 bridgehead atoms. The van der Waals surface area contributed by atoms with Gasteiger partial charge in [-0.1, -0.05) is 13.3 Å². The molecule has 0 saturated carbocycles. The molecule has 0 aromatic carbocycles. The number of nitrogens with one attached hydrogen (secondary N) is 1. The first kappa shape index (κ1) is 16.2. The minimum Gasteiger partial charge on any atom is -0.369 e. The zero-order chi connectivity index (χ0) is 14.5. The number of halogens is 1. The highest BCUT2D eigenvalue weighted by Gasteiger charge is 2.17. The minimum atomic E-state index is -3.42. The number of aromatic nitrogens is 1. The van der Waals surface area contributed by atoms with Gasteiger partial charge >= 0.3 is 0 Å². The van der Waals surface area contributed by atoms with E-state index < -0.39 is 10.0 Å². The summed E-state index contributed by atoms with van der Waals surface area (Å²) in [5.41, 5.74) is 0. The highest BCUT2D eigenvalue weighted by Crippen LogP contribution is 2.14. The highest BCUT2D eigenvalue weighted by molar-refractivity contribution is 7.89. The van der Waals surface area contributed by atoms with Gasteiger partial charge in [0.2, 0.25) is 10.0 Å². The molecule has 0 radical (unpaired) electrons. The Morgan fingerprint density at radius 1 is 1.42 bits per heavy atom. The average molecular weight is 306 g/mol. The smallest absolute Gasteiger partial charge is 0.244 e. The molecule has 0 aliphatic rings. The standard InChI is InChI=1S/C12H20ClN3O2S/c1-4-5-10(13)8-14-12-7-6-11(9-15-12)19(17,18)16(2)3/h6-7,9-10H,4-5,8H2,1-3H3,(H,14,15). The van der Waals surface area contributed by atoms with Gasteiger partial charge in [0.1, 0.15) is 10.7 Å². The first-order valence-corrected chi connectivity index (χ1v) is 8.02. The monoisotopic (exact) mass is 305 g/mol. The SMILES string of the molecule is CCCC(Cl)CNc1ccc(S(=O)(=O)N(C)C)cn1. The Bertz CT molecular complexity index is 488. The Morgan fingerprint density at radius 2 is 2.11 bits per heavy atom. The van der Waals surface area contributed by atoms with Crippen LogP contribution in [0.5, 0.6) is 0 Å². The van der Waals surface area contributed by atoms with Crippen LogP contribution in [0, 0.1) is 0 Å². The Balaban J connectivity index is 2.67. The fraction of sp³-hybridized carbons (Fsp3) is 0.583. The van der Waals surface area contributed by atoms with Crippen molar-refractivity contribution in [1.29, 1.82) is 0 Å². The molecule has 0 aliphatic carbocycles. The lowest BCUT2D eigenvalue weighted by molar-refractivity contribution is 0.520. The molecule has 1 unspecified atom stereocenters. The molecule has 19 heavy (non-hydrogen) atoms. The van der Waals surface area contributed by atoms with Gasteiger partial charge in [-0.25, -0.2) is 17.7 Å². The Morgan fingerprint density at radius 3 is 2.58 bits per heavy atom. The quantitative estimate of drug-likeness (QED) is 0.784. The fourth-order valence-corrected chi connectivity index (χ4v) is 2.62. The summed E-state index contributed by atoms with van der Waals surface area (Å²) in [6.45, 7) is 2.69. The van der Waals surface area contributed by atoms with Crippen molar-refractivity contribution in [1.82, 2.24) is 9.29 Å². The van der Waals surface area contributed by atoms with E-state index in [4.69, 9.17) is 11.6 Å². The largest absolute Gasteiger partial charge is 0.369 e. The van der Waals surface area contributed by atoms with Crippen molar-refractivity contribution in [2.24, 2.45) is 0 Å². The fourth-order valence-electron chi connectivity index (χ4n) is 1.48. The van der Waals surface area contributed by atoms with Crippen molar-refractivity contribution in [3.05, 3.63) is 18.3 Å². The molecule has 1 aromatic rings. The van der Waals surface area contributed by atoms with E-state index in [1.165, 1.54) is 26.4 Å². The van der Waals surface area contributed by atoms with Crippen LogP contribution < -0.4 is 5.32 Å². The molecule has 108 valence electrons. The van der Waals surface area contributed by atoms with Crippen LogP contribution in [0.4, 0.5) is 5.82 Å². The number of anilines is 1. The van der Waals surface area contributed by atoms with Crippen LogP contribution in [0.15, 0.2) is 23.2 Å². The normalized spacial score (nSPS) is 13.5. The molecule has 0 fully saturated rings. The van der Waals surface area contributed by atoms with Gasteiger partial charge in [0.25, 0.3) is 0 Å². The van der Waals surface area contributed by atoms with Crippen molar-refractivity contribution >= 4 is 27.4 Å². The molecule has 0 aliphatic heterocycles. The van der Waals surface area contributed by atoms with Gasteiger partial charge < -0.3 is 5.32 Å². The number of sulfonamides is 1. The van der Waals surface area contributed by atoms with Gasteiger partial charge in [-0.2, -0.15) is 0 Å². The van der Waals surface area contributed by atoms with Crippen molar-refractivity contribution in [2.75, 3.05) is 26.0 Å². The van der Waals surface area contributed by atoms with E-state index in [0.29, 0.717) is 12.4 Å². The van der Waals surface area contributed by atoms with Crippen molar-refractivity contribution < 1.29 is 8.42 Å². The van der Waals surface area contributed by atoms with Crippen LogP contribution in [0.25, 0.3) is 0 Å². The maximum atomic E-state index is 11.8. The number of nitrogens with zero attached hydrogens (tertiary/aromatic N) is 2. The number of alkyl halides is 1. The third kappa shape index (κ3) is 4.63. The lowest BCUT2D eigenvalue weighted by Gasteiger charge is -2.12. The van der Waals surface area contributed by atoms with E-state index in [0.717, 1.165) is 17.1 Å². The van der Waals surface area contributed by atoms with E-state index in [2.05, 4.69) is 17.2 Å². The predicted molar refractivity (Wildman–Crippen MR) is 78.1 cm³/mol. The lowest BCUT2D eigenvalue weighted by atomic mass is 10.2. The van der Waals surface area contributed by atoms with Crippen molar-refractivity contribution in [3.63, 3.8) is 0 Å². The van der Waals surface area contributed by atoms with Crippen molar-refractivity contribution in [3.8, 4) is 0 Å². The molecule has 1 aromatic heterocycles. The zero-order valence-corrected chi connectivity index (χ0v) is 13.0. The molecular weight excluding hydrogens is 286 g/mol. The second-order valence-corrected chi connectivity index (χ2v) is 7.20. The molecule has 0 amide bonds. The Labute approximate surface area is 120 Å². The van der Waals surface area contributed by atoms with E-state index >= 15 is 0 Å². The molecule has 1 rings (SSSR count). The van der Waals surface area contributed by atoms with Gasteiger partial charge in [0, 0.05) is 26.8 Å². The van der Waals surface area contributed by atoms with Crippen LogP contribution >= 0.6 is 11.6 Å². The topological polar surface area (TPSA) is 62.3 Å². The second-order valence-electron chi connectivity index (χ2n) is 4.43. The summed E-state index contributed by atoms with van der Waals surface area (Å²) in [4.78, 5) is 4.26. The van der Waals surface area contributed by atoms with E-state index in [9.17, 15) is 8.42 Å². The third-order valence-electron chi connectivity index (χ3n) is 2.62. The molecular formula is C12H20ClN3O2S. The summed E-state index contributed by atoms with van der Waals surface area (Å²) in [5, 5.41) is 3.14. The number of hydrogen-bond acceptors (Lipinski definition) is 4. The van der Waals surface area contributed by atoms with Crippen LogP contribution in [0.2, 0.25) is 0 Å². The minimum absolute atomic E-state index is 0.0528. The first-order chi connectivity index (χ1) is 8.87. The summed E-state index contributed by atoms with van der Waals surface area (Å²) >= 11 is 6.08. The lowest BCUT2D eigenvalue weighted by Crippen LogP contribution is -2.22. The van der Waals surface area contributed by atoms with Gasteiger partial charge in [0.05, 0.1) is 5.38 Å². The third-order valence-corrected chi connectivity index (χ3v) is 4.79. The average Bonchev–Trinajstić information content (AvgIpc) is 2.37. The zero-order valence-electron chi connectivity index (χ0n) is 11.4. The molecule has 1 atom stereocenters. The van der Waals surface area contributed by atoms with Crippen molar-refractivity contribution in [2.45, 2.75) is 30.0 Å². The number of rotatable bonds is 7. The molecule has 1 heterocycles. The Kier molecular flexibility index (Phi) is 6.03. The molecule has 1 N–H and O–H groups in total. The van der Waals surface area contributed by atoms with Gasteiger partial charge in [-0.15, -0.1) is 11.6 Å². The van der Waals surface area contributed by atoms with Gasteiger partial charge in [0.15, 0.2) is 0 Å². The van der Waals surface area contributed by atoms with Crippen LogP contribution in [0.3, 0.4) is 0 Å². The number of hydrogen-bond donors (Lipinski definition) is 1. The highest BCUT2D eigenvalue weighted by atomic mass is 35.5. The molecule has 0 spiro atoms. The van der Waals surface area contributed by atoms with Crippen LogP contribution in [0.1, 0.15) is 19.8 Å². The summed E-state index contributed by atoms with van der Waals surface area (Å²) in [6, 6.07) is 3.18. The maximum absolute atomic E-state index is 11.8. The molecule has 5 nitrogen and oxygen atoms in total. The summed E-state index contributed by atoms with van der Waals surface area (Å²) in [6.07, 6.45) is 3.31. The first-order valence-electron chi connectivity index (χ1n) is 6.14. The molecule has 7 heteroatoms. The predicted octanol–water partition coefficient (Wildman–Crippen LogP) is 2.15.